The molecule has 0 saturated carbocycles. The Morgan fingerprint density at radius 2 is 1.32 bits per heavy atom. The Morgan fingerprint density at radius 3 is 1.82 bits per heavy atom. The van der Waals surface area contributed by atoms with Gasteiger partial charge in [0, 0.05) is 37.3 Å². The molecule has 0 rings (SSSR count). The van der Waals surface area contributed by atoms with E-state index in [2.05, 4.69) is 76.9 Å². The zero-order chi connectivity index (χ0) is 21.3. The molecule has 0 aromatic carbocycles. The Bertz CT molecular complexity index is 342. The Kier molecular flexibility index (Phi) is 21.0. The van der Waals surface area contributed by atoms with Gasteiger partial charge in [0.1, 0.15) is 0 Å². The van der Waals surface area contributed by atoms with E-state index >= 15 is 0 Å². The van der Waals surface area contributed by atoms with Gasteiger partial charge in [-0.05, 0) is 50.0 Å². The van der Waals surface area contributed by atoms with E-state index in [1.54, 1.807) is 30.8 Å². The molecule has 0 saturated heterocycles. The first-order valence-corrected chi connectivity index (χ1v) is 20.8. The predicted molar refractivity (Wildman–Crippen MR) is 151 cm³/mol. The molecule has 0 aliphatic carbocycles. The van der Waals surface area contributed by atoms with Crippen molar-refractivity contribution in [3.63, 3.8) is 0 Å². The van der Waals surface area contributed by atoms with E-state index in [0.29, 0.717) is 7.92 Å². The van der Waals surface area contributed by atoms with Crippen molar-refractivity contribution < 1.29 is 0 Å². The maximum absolute atomic E-state index is 2.69. The molecule has 6 heteroatoms. The molecule has 0 aliphatic rings. The van der Waals surface area contributed by atoms with Crippen molar-refractivity contribution in [2.75, 3.05) is 91.9 Å². The standard InChI is InChI=1S/C22H51NP3S2/c1-8-23(9-2)15-19-26(12-5,20-22-28-14-7)25(18-21-27-13-6)17-16-24(10-3)11-4/h8-22H2,1-7H3/q+1. The van der Waals surface area contributed by atoms with Crippen LogP contribution in [0.3, 0.4) is 0 Å². The van der Waals surface area contributed by atoms with Crippen LogP contribution >= 0.6 is 46.0 Å². The van der Waals surface area contributed by atoms with Crippen LogP contribution in [0.5, 0.6) is 0 Å². The Labute approximate surface area is 190 Å². The number of rotatable bonds is 20. The summed E-state index contributed by atoms with van der Waals surface area (Å²) in [6, 6.07) is 0. The van der Waals surface area contributed by atoms with Crippen LogP contribution in [0.15, 0.2) is 0 Å². The normalized spacial score (nSPS) is 15.3. The van der Waals surface area contributed by atoms with E-state index in [1.165, 1.54) is 61.1 Å². The molecule has 170 valence electrons. The topological polar surface area (TPSA) is 3.24 Å². The Balaban J connectivity index is 5.39. The molecule has 0 aromatic heterocycles. The summed E-state index contributed by atoms with van der Waals surface area (Å²) in [5.74, 6) is 5.43. The van der Waals surface area contributed by atoms with Gasteiger partial charge in [-0.25, -0.2) is 0 Å². The van der Waals surface area contributed by atoms with Crippen molar-refractivity contribution >= 4 is 46.0 Å². The maximum Gasteiger partial charge on any atom is 0.0743 e. The zero-order valence-corrected chi connectivity index (χ0v) is 24.5. The van der Waals surface area contributed by atoms with Gasteiger partial charge in [-0.15, -0.1) is 7.92 Å². The van der Waals surface area contributed by atoms with Crippen molar-refractivity contribution in [1.82, 2.24) is 4.90 Å². The van der Waals surface area contributed by atoms with E-state index in [4.69, 9.17) is 0 Å². The van der Waals surface area contributed by atoms with Crippen molar-refractivity contribution in [3.05, 3.63) is 0 Å². The van der Waals surface area contributed by atoms with E-state index in [1.807, 2.05) is 0 Å². The van der Waals surface area contributed by atoms with Gasteiger partial charge in [-0.3, -0.25) is 0 Å². The molecule has 0 aromatic rings. The van der Waals surface area contributed by atoms with Crippen molar-refractivity contribution in [2.24, 2.45) is 0 Å². The minimum absolute atomic E-state index is 0.245. The number of thioether (sulfide) groups is 2. The van der Waals surface area contributed by atoms with Crippen LogP contribution in [0.25, 0.3) is 0 Å². The molecule has 0 spiro atoms. The lowest BCUT2D eigenvalue weighted by Gasteiger charge is -2.36. The molecule has 0 radical (unpaired) electrons. The van der Waals surface area contributed by atoms with Crippen molar-refractivity contribution in [3.8, 4) is 0 Å². The third kappa shape index (κ3) is 12.1. The minimum atomic E-state index is -0.815. The van der Waals surface area contributed by atoms with Gasteiger partial charge in [0.05, 0.1) is 26.1 Å². The van der Waals surface area contributed by atoms with Crippen LogP contribution in [0, 0.1) is 0 Å². The molecule has 0 bridgehead atoms. The van der Waals surface area contributed by atoms with E-state index < -0.39 is 6.95 Å². The number of nitrogens with zero attached hydrogens (tertiary/aromatic N) is 1. The maximum atomic E-state index is 2.69. The quantitative estimate of drug-likeness (QED) is 0.128. The molecule has 0 amide bonds. The van der Waals surface area contributed by atoms with Crippen molar-refractivity contribution in [2.45, 2.75) is 48.5 Å². The highest BCUT2D eigenvalue weighted by atomic mass is 32.2. The van der Waals surface area contributed by atoms with E-state index in [-0.39, 0.29) is 7.61 Å². The van der Waals surface area contributed by atoms with Gasteiger partial charge in [-0.2, -0.15) is 23.5 Å². The van der Waals surface area contributed by atoms with E-state index in [0.717, 1.165) is 0 Å². The lowest BCUT2D eigenvalue weighted by atomic mass is 10.5. The molecular weight excluding hydrogens is 435 g/mol. The molecule has 0 fully saturated rings. The monoisotopic (exact) mass is 486 g/mol. The molecule has 28 heavy (non-hydrogen) atoms. The van der Waals surface area contributed by atoms with Crippen molar-refractivity contribution in [1.29, 1.82) is 0 Å². The largest absolute Gasteiger partial charge is 0.300 e. The first-order valence-electron chi connectivity index (χ1n) is 11.8. The zero-order valence-electron chi connectivity index (χ0n) is 20.2. The second-order valence-corrected chi connectivity index (χ2v) is 23.0. The van der Waals surface area contributed by atoms with Gasteiger partial charge >= 0.3 is 0 Å². The summed E-state index contributed by atoms with van der Waals surface area (Å²) in [5.41, 5.74) is 0. The Morgan fingerprint density at radius 1 is 0.714 bits per heavy atom. The fourth-order valence-electron chi connectivity index (χ4n) is 3.80. The summed E-state index contributed by atoms with van der Waals surface area (Å²) < 4.78 is 0. The molecule has 2 atom stereocenters. The molecule has 0 aliphatic heterocycles. The van der Waals surface area contributed by atoms with Gasteiger partial charge < -0.3 is 4.90 Å². The summed E-state index contributed by atoms with van der Waals surface area (Å²) in [6.07, 6.45) is 12.2. The highest BCUT2D eigenvalue weighted by molar-refractivity contribution is 8.39. The van der Waals surface area contributed by atoms with Crippen LogP contribution in [0.4, 0.5) is 0 Å². The second kappa shape index (κ2) is 19.6. The predicted octanol–water partition coefficient (Wildman–Crippen LogP) is 7.79. The molecule has 2 unspecified atom stereocenters. The highest BCUT2D eigenvalue weighted by Crippen LogP contribution is 2.84. The number of hydrogen-bond donors (Lipinski definition) is 0. The van der Waals surface area contributed by atoms with Crippen LogP contribution < -0.4 is 0 Å². The molecular formula is C22H51NP3S2+. The third-order valence-electron chi connectivity index (χ3n) is 6.04. The smallest absolute Gasteiger partial charge is 0.0743 e. The highest BCUT2D eigenvalue weighted by Gasteiger charge is 2.43. The van der Waals surface area contributed by atoms with Crippen LogP contribution in [0.1, 0.15) is 48.5 Å². The first-order chi connectivity index (χ1) is 13.6. The summed E-state index contributed by atoms with van der Waals surface area (Å²) in [6.45, 7) is 19.8. The van der Waals surface area contributed by atoms with Gasteiger partial charge in [-0.1, -0.05) is 41.5 Å². The number of hydrogen-bond acceptors (Lipinski definition) is 3. The fraction of sp³-hybridized carbons (Fsp3) is 1.00. The second-order valence-electron chi connectivity index (χ2n) is 7.26. The average Bonchev–Trinajstić information content (AvgIpc) is 2.73. The Hall–Kier alpha value is 1.95. The van der Waals surface area contributed by atoms with Crippen LogP contribution in [-0.4, -0.2) is 96.8 Å². The lowest BCUT2D eigenvalue weighted by molar-refractivity contribution is 0.323. The van der Waals surface area contributed by atoms with Crippen LogP contribution in [0.2, 0.25) is 0 Å². The first kappa shape index (κ1) is 29.9. The molecule has 0 heterocycles. The summed E-state index contributed by atoms with van der Waals surface area (Å²) in [4.78, 5) is 2.69. The SMILES string of the molecule is CCSCCP(CCP(CC)CC)[P+](CC)(CCSCC)CCN(CC)CC. The molecule has 1 nitrogen and oxygen atoms in total. The minimum Gasteiger partial charge on any atom is -0.300 e. The third-order valence-corrected chi connectivity index (χ3v) is 24.2. The van der Waals surface area contributed by atoms with E-state index in [9.17, 15) is 0 Å². The van der Waals surface area contributed by atoms with Gasteiger partial charge in [0.2, 0.25) is 0 Å². The van der Waals surface area contributed by atoms with Gasteiger partial charge in [0.15, 0.2) is 0 Å². The fourth-order valence-corrected chi connectivity index (χ4v) is 22.3. The average molecular weight is 487 g/mol. The molecule has 0 N–H and O–H groups in total. The summed E-state index contributed by atoms with van der Waals surface area (Å²) >= 11 is 4.39. The summed E-state index contributed by atoms with van der Waals surface area (Å²) in [5, 5.41) is 0. The summed E-state index contributed by atoms with van der Waals surface area (Å²) in [7, 11) is 0.553. The lowest BCUT2D eigenvalue weighted by Crippen LogP contribution is -2.28. The van der Waals surface area contributed by atoms with Crippen LogP contribution in [-0.2, 0) is 0 Å². The van der Waals surface area contributed by atoms with Gasteiger partial charge in [0.25, 0.3) is 0 Å².